The highest BCUT2D eigenvalue weighted by Crippen LogP contribution is 2.29. The molecular weight excluding hydrogens is 402 g/mol. The smallest absolute Gasteiger partial charge is 0.208 e. The predicted octanol–water partition coefficient (Wildman–Crippen LogP) is 3.17. The molecule has 1 fully saturated rings. The van der Waals surface area contributed by atoms with Gasteiger partial charge >= 0.3 is 0 Å². The molecule has 0 aliphatic carbocycles. The van der Waals surface area contributed by atoms with E-state index in [1.807, 2.05) is 24.3 Å². The fraction of sp³-hybridized carbons (Fsp3) is 0.400. The third-order valence-corrected chi connectivity index (χ3v) is 5.40. The standard InChI is InChI=1S/C15H17BrClN3O2S/c1-23(21,22)19-12-4-6-20(7-5-12)14-3-2-10-8-11(16)9-13(17)15(10)18-14/h2-3,8-9,12,19H,4-7H2,1H3. The first-order valence-corrected chi connectivity index (χ1v) is 10.4. The Kier molecular flexibility index (Phi) is 4.83. The second-order valence-electron chi connectivity index (χ2n) is 5.78. The van der Waals surface area contributed by atoms with Gasteiger partial charge < -0.3 is 4.90 Å². The summed E-state index contributed by atoms with van der Waals surface area (Å²) in [6, 6.07) is 7.81. The van der Waals surface area contributed by atoms with Gasteiger partial charge in [-0.15, -0.1) is 0 Å². The van der Waals surface area contributed by atoms with Crippen molar-refractivity contribution in [2.75, 3.05) is 24.2 Å². The number of piperidine rings is 1. The van der Waals surface area contributed by atoms with Gasteiger partial charge in [-0.3, -0.25) is 0 Å². The van der Waals surface area contributed by atoms with E-state index < -0.39 is 10.0 Å². The minimum Gasteiger partial charge on any atom is -0.356 e. The summed E-state index contributed by atoms with van der Waals surface area (Å²) in [5.74, 6) is 0.875. The molecule has 2 aromatic rings. The molecule has 0 amide bonds. The van der Waals surface area contributed by atoms with E-state index in [2.05, 4.69) is 30.5 Å². The number of benzene rings is 1. The second kappa shape index (κ2) is 6.55. The Bertz CT molecular complexity index is 836. The zero-order valence-corrected chi connectivity index (χ0v) is 15.7. The van der Waals surface area contributed by atoms with Crippen LogP contribution in [-0.2, 0) is 10.0 Å². The Morgan fingerprint density at radius 3 is 2.65 bits per heavy atom. The largest absolute Gasteiger partial charge is 0.356 e. The van der Waals surface area contributed by atoms with Gasteiger partial charge in [0.25, 0.3) is 0 Å². The molecule has 0 spiro atoms. The average Bonchev–Trinajstić information content (AvgIpc) is 2.46. The van der Waals surface area contributed by atoms with Crippen molar-refractivity contribution in [1.29, 1.82) is 0 Å². The van der Waals surface area contributed by atoms with E-state index in [0.29, 0.717) is 5.02 Å². The summed E-state index contributed by atoms with van der Waals surface area (Å²) in [4.78, 5) is 6.84. The van der Waals surface area contributed by atoms with Gasteiger partial charge in [-0.2, -0.15) is 0 Å². The van der Waals surface area contributed by atoms with Crippen LogP contribution in [-0.4, -0.2) is 38.8 Å². The third-order valence-electron chi connectivity index (χ3n) is 3.90. The maximum atomic E-state index is 11.3. The lowest BCUT2D eigenvalue weighted by atomic mass is 10.1. The van der Waals surface area contributed by atoms with E-state index >= 15 is 0 Å². The van der Waals surface area contributed by atoms with Gasteiger partial charge in [0, 0.05) is 29.0 Å². The van der Waals surface area contributed by atoms with E-state index in [0.717, 1.165) is 47.1 Å². The molecule has 0 saturated carbocycles. The molecular formula is C15H17BrClN3O2S. The van der Waals surface area contributed by atoms with Crippen LogP contribution in [0.15, 0.2) is 28.7 Å². The van der Waals surface area contributed by atoms with Crippen LogP contribution in [0, 0.1) is 0 Å². The van der Waals surface area contributed by atoms with Crippen LogP contribution in [0.2, 0.25) is 5.02 Å². The summed E-state index contributed by atoms with van der Waals surface area (Å²) in [5.41, 5.74) is 0.781. The number of hydrogen-bond donors (Lipinski definition) is 1. The summed E-state index contributed by atoms with van der Waals surface area (Å²) >= 11 is 9.71. The number of pyridine rings is 1. The van der Waals surface area contributed by atoms with Crippen LogP contribution in [0.3, 0.4) is 0 Å². The van der Waals surface area contributed by atoms with Gasteiger partial charge in [-0.05, 0) is 37.1 Å². The molecule has 23 heavy (non-hydrogen) atoms. The number of nitrogens with one attached hydrogen (secondary N) is 1. The van der Waals surface area contributed by atoms with Gasteiger partial charge in [0.1, 0.15) is 5.82 Å². The first kappa shape index (κ1) is 17.0. The lowest BCUT2D eigenvalue weighted by molar-refractivity contribution is 0.460. The molecule has 8 heteroatoms. The summed E-state index contributed by atoms with van der Waals surface area (Å²) in [5, 5.41) is 1.60. The van der Waals surface area contributed by atoms with E-state index in [-0.39, 0.29) is 6.04 Å². The van der Waals surface area contributed by atoms with E-state index in [1.165, 1.54) is 6.26 Å². The Morgan fingerprint density at radius 1 is 1.30 bits per heavy atom. The summed E-state index contributed by atoms with van der Waals surface area (Å²) in [6.07, 6.45) is 2.73. The summed E-state index contributed by atoms with van der Waals surface area (Å²) in [7, 11) is -3.15. The van der Waals surface area contributed by atoms with E-state index in [4.69, 9.17) is 11.6 Å². The molecule has 1 aromatic heterocycles. The lowest BCUT2D eigenvalue weighted by Crippen LogP contribution is -2.44. The molecule has 1 saturated heterocycles. The summed E-state index contributed by atoms with van der Waals surface area (Å²) in [6.45, 7) is 1.53. The number of hydrogen-bond acceptors (Lipinski definition) is 4. The second-order valence-corrected chi connectivity index (χ2v) is 8.88. The van der Waals surface area contributed by atoms with Gasteiger partial charge in [-0.25, -0.2) is 18.1 Å². The maximum Gasteiger partial charge on any atom is 0.208 e. The van der Waals surface area contributed by atoms with Gasteiger partial charge in [0.15, 0.2) is 0 Å². The molecule has 1 aliphatic rings. The molecule has 2 heterocycles. The van der Waals surface area contributed by atoms with Gasteiger partial charge in [-0.1, -0.05) is 27.5 Å². The average molecular weight is 419 g/mol. The Hall–Kier alpha value is -0.890. The molecule has 124 valence electrons. The highest BCUT2D eigenvalue weighted by Gasteiger charge is 2.22. The van der Waals surface area contributed by atoms with Crippen molar-refractivity contribution in [3.05, 3.63) is 33.8 Å². The van der Waals surface area contributed by atoms with Gasteiger partial charge in [0.2, 0.25) is 10.0 Å². The highest BCUT2D eigenvalue weighted by molar-refractivity contribution is 9.10. The summed E-state index contributed by atoms with van der Waals surface area (Å²) < 4.78 is 26.2. The van der Waals surface area contributed by atoms with Crippen molar-refractivity contribution >= 4 is 54.3 Å². The zero-order chi connectivity index (χ0) is 16.6. The first-order valence-electron chi connectivity index (χ1n) is 7.30. The van der Waals surface area contributed by atoms with E-state index in [9.17, 15) is 8.42 Å². The minimum atomic E-state index is -3.15. The molecule has 0 radical (unpaired) electrons. The van der Waals surface area contributed by atoms with Crippen LogP contribution in [0.4, 0.5) is 5.82 Å². The van der Waals surface area contributed by atoms with Crippen LogP contribution < -0.4 is 9.62 Å². The zero-order valence-electron chi connectivity index (χ0n) is 12.6. The number of nitrogens with zero attached hydrogens (tertiary/aromatic N) is 2. The molecule has 0 bridgehead atoms. The van der Waals surface area contributed by atoms with Crippen LogP contribution >= 0.6 is 27.5 Å². The number of sulfonamides is 1. The lowest BCUT2D eigenvalue weighted by Gasteiger charge is -2.32. The first-order chi connectivity index (χ1) is 10.8. The molecule has 5 nitrogen and oxygen atoms in total. The van der Waals surface area contributed by atoms with Crippen molar-refractivity contribution < 1.29 is 8.42 Å². The van der Waals surface area contributed by atoms with Crippen LogP contribution in [0.25, 0.3) is 10.9 Å². The number of rotatable bonds is 3. The molecule has 1 aliphatic heterocycles. The maximum absolute atomic E-state index is 11.3. The van der Waals surface area contributed by atoms with Gasteiger partial charge in [0.05, 0.1) is 16.8 Å². The fourth-order valence-electron chi connectivity index (χ4n) is 2.85. The van der Waals surface area contributed by atoms with Crippen molar-refractivity contribution in [1.82, 2.24) is 9.71 Å². The molecule has 3 rings (SSSR count). The topological polar surface area (TPSA) is 62.3 Å². The Balaban J connectivity index is 1.77. The molecule has 1 N–H and O–H groups in total. The fourth-order valence-corrected chi connectivity index (χ4v) is 4.57. The minimum absolute atomic E-state index is 0.00116. The van der Waals surface area contributed by atoms with Crippen molar-refractivity contribution in [3.63, 3.8) is 0 Å². The van der Waals surface area contributed by atoms with E-state index in [1.54, 1.807) is 0 Å². The quantitative estimate of drug-likeness (QED) is 0.831. The predicted molar refractivity (Wildman–Crippen MR) is 97.7 cm³/mol. The third kappa shape index (κ3) is 4.15. The number of anilines is 1. The normalized spacial score (nSPS) is 16.9. The highest BCUT2D eigenvalue weighted by atomic mass is 79.9. The van der Waals surface area contributed by atoms with Crippen molar-refractivity contribution in [2.45, 2.75) is 18.9 Å². The number of aromatic nitrogens is 1. The van der Waals surface area contributed by atoms with Crippen LogP contribution in [0.1, 0.15) is 12.8 Å². The SMILES string of the molecule is CS(=O)(=O)NC1CCN(c2ccc3cc(Br)cc(Cl)c3n2)CC1. The molecule has 0 atom stereocenters. The van der Waals surface area contributed by atoms with Crippen LogP contribution in [0.5, 0.6) is 0 Å². The molecule has 0 unspecified atom stereocenters. The van der Waals surface area contributed by atoms with Crippen molar-refractivity contribution in [3.8, 4) is 0 Å². The molecule has 1 aromatic carbocycles. The Labute approximate surface area is 149 Å². The monoisotopic (exact) mass is 417 g/mol. The number of fused-ring (bicyclic) bond motifs is 1. The van der Waals surface area contributed by atoms with Crippen molar-refractivity contribution in [2.24, 2.45) is 0 Å². The Morgan fingerprint density at radius 2 is 2.00 bits per heavy atom. The number of halogens is 2.